The molecule has 0 radical (unpaired) electrons. The van der Waals surface area contributed by atoms with Crippen molar-refractivity contribution in [1.82, 2.24) is 19.9 Å². The lowest BCUT2D eigenvalue weighted by atomic mass is 9.86. The van der Waals surface area contributed by atoms with Crippen molar-refractivity contribution in [2.24, 2.45) is 5.41 Å². The van der Waals surface area contributed by atoms with Gasteiger partial charge in [0.1, 0.15) is 17.0 Å². The number of halogens is 1. The van der Waals surface area contributed by atoms with E-state index in [-0.39, 0.29) is 28.6 Å². The highest BCUT2D eigenvalue weighted by molar-refractivity contribution is 5.95. The standard InChI is InChI=1S/C19H21FN4O/c1-19(2,3)16(11-24-10-9-21-12-24)23-18(25)15-8-7-13-5-4-6-14(20)17(13)22-15/h4-10,12,16H,11H2,1-3H3,(H,23,25)/t16-/m1/s1. The average molecular weight is 340 g/mol. The number of hydrogen-bond acceptors (Lipinski definition) is 3. The second kappa shape index (κ2) is 6.63. The topological polar surface area (TPSA) is 59.8 Å². The maximum Gasteiger partial charge on any atom is 0.270 e. The summed E-state index contributed by atoms with van der Waals surface area (Å²) < 4.78 is 15.8. The van der Waals surface area contributed by atoms with E-state index in [0.29, 0.717) is 11.9 Å². The van der Waals surface area contributed by atoms with Crippen LogP contribution in [-0.4, -0.2) is 26.5 Å². The number of hydrogen-bond donors (Lipinski definition) is 1. The van der Waals surface area contributed by atoms with Crippen LogP contribution >= 0.6 is 0 Å². The molecule has 0 saturated heterocycles. The van der Waals surface area contributed by atoms with Crippen LogP contribution in [0.3, 0.4) is 0 Å². The third-order valence-electron chi connectivity index (χ3n) is 4.21. The number of aromatic nitrogens is 3. The Kier molecular flexibility index (Phi) is 4.53. The summed E-state index contributed by atoms with van der Waals surface area (Å²) in [4.78, 5) is 20.9. The van der Waals surface area contributed by atoms with E-state index in [2.05, 4.69) is 36.1 Å². The lowest BCUT2D eigenvalue weighted by Crippen LogP contribution is -2.46. The van der Waals surface area contributed by atoms with Crippen LogP contribution in [0, 0.1) is 11.2 Å². The quantitative estimate of drug-likeness (QED) is 0.792. The second-order valence-corrected chi connectivity index (χ2v) is 7.16. The molecule has 3 aromatic rings. The molecule has 1 atom stereocenters. The molecular formula is C19H21FN4O. The Morgan fingerprint density at radius 3 is 2.76 bits per heavy atom. The molecule has 25 heavy (non-hydrogen) atoms. The van der Waals surface area contributed by atoms with E-state index in [0.717, 1.165) is 0 Å². The van der Waals surface area contributed by atoms with Gasteiger partial charge in [0.15, 0.2) is 0 Å². The molecule has 0 bridgehead atoms. The predicted octanol–water partition coefficient (Wildman–Crippen LogP) is 3.42. The molecule has 0 aliphatic heterocycles. The molecule has 130 valence electrons. The van der Waals surface area contributed by atoms with Crippen LogP contribution in [0.2, 0.25) is 0 Å². The van der Waals surface area contributed by atoms with E-state index in [1.165, 1.54) is 6.07 Å². The number of imidazole rings is 1. The Morgan fingerprint density at radius 1 is 1.28 bits per heavy atom. The zero-order chi connectivity index (χ0) is 18.0. The van der Waals surface area contributed by atoms with E-state index in [9.17, 15) is 9.18 Å². The van der Waals surface area contributed by atoms with Crippen molar-refractivity contribution in [3.05, 3.63) is 60.6 Å². The lowest BCUT2D eigenvalue weighted by molar-refractivity contribution is 0.0888. The number of nitrogens with zero attached hydrogens (tertiary/aromatic N) is 3. The fraction of sp³-hybridized carbons (Fsp3) is 0.316. The summed E-state index contributed by atoms with van der Waals surface area (Å²) in [5.74, 6) is -0.747. The van der Waals surface area contributed by atoms with Crippen molar-refractivity contribution >= 4 is 16.8 Å². The molecule has 2 aromatic heterocycles. The fourth-order valence-electron chi connectivity index (χ4n) is 2.61. The highest BCUT2D eigenvalue weighted by Gasteiger charge is 2.27. The maximum absolute atomic E-state index is 13.9. The Balaban J connectivity index is 1.84. The van der Waals surface area contributed by atoms with E-state index in [1.54, 1.807) is 36.8 Å². The molecule has 3 rings (SSSR count). The molecule has 0 spiro atoms. The zero-order valence-electron chi connectivity index (χ0n) is 14.5. The van der Waals surface area contributed by atoms with Crippen LogP contribution < -0.4 is 5.32 Å². The van der Waals surface area contributed by atoms with Crippen LogP contribution in [0.15, 0.2) is 49.1 Å². The molecule has 1 N–H and O–H groups in total. The highest BCUT2D eigenvalue weighted by atomic mass is 19.1. The average Bonchev–Trinajstić information content (AvgIpc) is 3.06. The molecule has 1 amide bonds. The number of fused-ring (bicyclic) bond motifs is 1. The summed E-state index contributed by atoms with van der Waals surface area (Å²) >= 11 is 0. The van der Waals surface area contributed by atoms with Gasteiger partial charge >= 0.3 is 0 Å². The number of carbonyl (C=O) groups is 1. The summed E-state index contributed by atoms with van der Waals surface area (Å²) in [6.07, 6.45) is 5.28. The van der Waals surface area contributed by atoms with E-state index >= 15 is 0 Å². The number of nitrogens with one attached hydrogen (secondary N) is 1. The van der Waals surface area contributed by atoms with Crippen LogP contribution in [0.25, 0.3) is 10.9 Å². The number of para-hydroxylation sites is 1. The van der Waals surface area contributed by atoms with Gasteiger partial charge in [-0.2, -0.15) is 0 Å². The van der Waals surface area contributed by atoms with E-state index in [4.69, 9.17) is 0 Å². The molecule has 1 aromatic carbocycles. The van der Waals surface area contributed by atoms with Gasteiger partial charge in [-0.3, -0.25) is 4.79 Å². The molecular weight excluding hydrogens is 319 g/mol. The Labute approximate surface area is 145 Å². The molecule has 5 nitrogen and oxygen atoms in total. The van der Waals surface area contributed by atoms with Crippen molar-refractivity contribution in [2.45, 2.75) is 33.4 Å². The Bertz CT molecular complexity index is 884. The van der Waals surface area contributed by atoms with Gasteiger partial charge in [-0.05, 0) is 17.5 Å². The maximum atomic E-state index is 13.9. The molecule has 0 aliphatic rings. The molecule has 0 aliphatic carbocycles. The zero-order valence-corrected chi connectivity index (χ0v) is 14.5. The summed E-state index contributed by atoms with van der Waals surface area (Å²) in [6.45, 7) is 6.77. The molecule has 0 saturated carbocycles. The summed E-state index contributed by atoms with van der Waals surface area (Å²) in [6, 6.07) is 7.93. The van der Waals surface area contributed by atoms with Gasteiger partial charge in [0.25, 0.3) is 5.91 Å². The van der Waals surface area contributed by atoms with Gasteiger partial charge in [-0.15, -0.1) is 0 Å². The summed E-state index contributed by atoms with van der Waals surface area (Å²) in [5, 5.41) is 3.69. The highest BCUT2D eigenvalue weighted by Crippen LogP contribution is 2.22. The molecule has 2 heterocycles. The van der Waals surface area contributed by atoms with Gasteiger partial charge < -0.3 is 9.88 Å². The Morgan fingerprint density at radius 2 is 2.08 bits per heavy atom. The first-order valence-corrected chi connectivity index (χ1v) is 8.16. The van der Waals surface area contributed by atoms with Gasteiger partial charge in [0, 0.05) is 24.3 Å². The van der Waals surface area contributed by atoms with Crippen LogP contribution in [-0.2, 0) is 6.54 Å². The fourth-order valence-corrected chi connectivity index (χ4v) is 2.61. The van der Waals surface area contributed by atoms with Gasteiger partial charge in [0.2, 0.25) is 0 Å². The third kappa shape index (κ3) is 3.84. The van der Waals surface area contributed by atoms with Crippen molar-refractivity contribution in [1.29, 1.82) is 0 Å². The molecule has 6 heteroatoms. The van der Waals surface area contributed by atoms with Crippen LogP contribution in [0.1, 0.15) is 31.3 Å². The first-order valence-electron chi connectivity index (χ1n) is 8.16. The minimum absolute atomic E-state index is 0.132. The second-order valence-electron chi connectivity index (χ2n) is 7.16. The van der Waals surface area contributed by atoms with Gasteiger partial charge in [0.05, 0.1) is 12.4 Å². The molecule has 0 unspecified atom stereocenters. The first kappa shape index (κ1) is 17.1. The Hall–Kier alpha value is -2.76. The minimum Gasteiger partial charge on any atom is -0.346 e. The van der Waals surface area contributed by atoms with Crippen molar-refractivity contribution < 1.29 is 9.18 Å². The number of carbonyl (C=O) groups excluding carboxylic acids is 1. The van der Waals surface area contributed by atoms with Crippen LogP contribution in [0.5, 0.6) is 0 Å². The summed E-state index contributed by atoms with van der Waals surface area (Å²) in [5.41, 5.74) is 0.247. The van der Waals surface area contributed by atoms with Crippen molar-refractivity contribution in [3.8, 4) is 0 Å². The first-order chi connectivity index (χ1) is 11.8. The van der Waals surface area contributed by atoms with Gasteiger partial charge in [-0.1, -0.05) is 39.0 Å². The smallest absolute Gasteiger partial charge is 0.270 e. The minimum atomic E-state index is -0.432. The van der Waals surface area contributed by atoms with Gasteiger partial charge in [-0.25, -0.2) is 14.4 Å². The van der Waals surface area contributed by atoms with Crippen molar-refractivity contribution in [2.75, 3.05) is 0 Å². The monoisotopic (exact) mass is 340 g/mol. The van der Waals surface area contributed by atoms with E-state index < -0.39 is 5.82 Å². The number of pyridine rings is 1. The number of benzene rings is 1. The van der Waals surface area contributed by atoms with Crippen molar-refractivity contribution in [3.63, 3.8) is 0 Å². The largest absolute Gasteiger partial charge is 0.346 e. The number of rotatable bonds is 4. The predicted molar refractivity (Wildman–Crippen MR) is 94.6 cm³/mol. The third-order valence-corrected chi connectivity index (χ3v) is 4.21. The summed E-state index contributed by atoms with van der Waals surface area (Å²) in [7, 11) is 0. The molecule has 0 fully saturated rings. The normalized spacial score (nSPS) is 13.0. The lowest BCUT2D eigenvalue weighted by Gasteiger charge is -2.31. The number of amides is 1. The SMILES string of the molecule is CC(C)(C)[C@@H](Cn1ccnc1)NC(=O)c1ccc2cccc(F)c2n1. The van der Waals surface area contributed by atoms with Crippen LogP contribution in [0.4, 0.5) is 4.39 Å². The van der Waals surface area contributed by atoms with E-state index in [1.807, 2.05) is 10.8 Å².